The van der Waals surface area contributed by atoms with E-state index in [2.05, 4.69) is 6.92 Å². The van der Waals surface area contributed by atoms with Gasteiger partial charge in [0.25, 0.3) is 0 Å². The number of hydrogen-bond donors (Lipinski definition) is 1. The van der Waals surface area contributed by atoms with Crippen LogP contribution in [0.2, 0.25) is 0 Å². The average Bonchev–Trinajstić information content (AvgIpc) is 2.80. The van der Waals surface area contributed by atoms with Gasteiger partial charge in [-0.1, -0.05) is 40.0 Å². The molecule has 0 aromatic carbocycles. The number of carbonyl (C=O) groups is 1. The number of aliphatic carboxylic acids is 1. The molecule has 0 amide bonds. The molecule has 1 aliphatic rings. The quantitative estimate of drug-likeness (QED) is 0.546. The fraction of sp³-hybridized carbons (Fsp3) is 0.923. The number of alkyl halides is 3. The summed E-state index contributed by atoms with van der Waals surface area (Å²) in [6.45, 7) is 5.91. The monoisotopic (exact) mass is 314 g/mol. The van der Waals surface area contributed by atoms with Crippen LogP contribution in [-0.4, -0.2) is 20.8 Å². The second-order valence-electron chi connectivity index (χ2n) is 5.78. The van der Waals surface area contributed by atoms with Crippen molar-refractivity contribution in [2.75, 3.05) is 0 Å². The van der Waals surface area contributed by atoms with Crippen molar-refractivity contribution in [1.29, 1.82) is 0 Å². The van der Waals surface area contributed by atoms with E-state index in [0.717, 1.165) is 19.3 Å². The van der Waals surface area contributed by atoms with E-state index in [4.69, 9.17) is 39.9 Å². The maximum Gasteiger partial charge on any atom is 0.307 e. The normalized spacial score (nSPS) is 27.9. The number of halogens is 3. The minimum absolute atomic E-state index is 0.159. The van der Waals surface area contributed by atoms with Crippen molar-refractivity contribution >= 4 is 40.8 Å². The fourth-order valence-electron chi connectivity index (χ4n) is 2.71. The molecule has 18 heavy (non-hydrogen) atoms. The van der Waals surface area contributed by atoms with Gasteiger partial charge in [-0.25, -0.2) is 0 Å². The zero-order valence-electron chi connectivity index (χ0n) is 11.0. The summed E-state index contributed by atoms with van der Waals surface area (Å²) in [6, 6.07) is 0. The van der Waals surface area contributed by atoms with Crippen LogP contribution in [0.5, 0.6) is 0 Å². The highest BCUT2D eigenvalue weighted by Gasteiger charge is 2.67. The SMILES string of the molecule is CCCCCC(Cl)(Cl)C(Cl)[C@H]1[C@H](C(=O)O)C1(C)C. The third-order valence-corrected chi connectivity index (χ3v) is 5.72. The maximum absolute atomic E-state index is 11.1. The Morgan fingerprint density at radius 3 is 2.33 bits per heavy atom. The molecule has 0 bridgehead atoms. The standard InChI is InChI=1S/C13H21Cl3O2/c1-4-5-6-7-13(15,16)10(14)8-9(11(17)18)12(8,2)3/h8-10H,4-7H2,1-3H3,(H,17,18)/t8-,9-,10?/m1/s1. The second-order valence-corrected chi connectivity index (χ2v) is 7.80. The van der Waals surface area contributed by atoms with Gasteiger partial charge in [0, 0.05) is 0 Å². The lowest BCUT2D eigenvalue weighted by Gasteiger charge is -2.26. The smallest absolute Gasteiger partial charge is 0.307 e. The Kier molecular flexibility index (Phi) is 5.25. The van der Waals surface area contributed by atoms with E-state index in [-0.39, 0.29) is 11.3 Å². The Bertz CT molecular complexity index is 315. The van der Waals surface area contributed by atoms with Crippen LogP contribution >= 0.6 is 34.8 Å². The summed E-state index contributed by atoms with van der Waals surface area (Å²) in [5, 5.41) is 8.62. The van der Waals surface area contributed by atoms with Crippen LogP contribution in [-0.2, 0) is 4.79 Å². The van der Waals surface area contributed by atoms with Crippen molar-refractivity contribution in [3.63, 3.8) is 0 Å². The van der Waals surface area contributed by atoms with Crippen LogP contribution in [0, 0.1) is 17.3 Å². The molecule has 0 aromatic rings. The van der Waals surface area contributed by atoms with Gasteiger partial charge in [0.1, 0.15) is 4.33 Å². The zero-order valence-corrected chi connectivity index (χ0v) is 13.3. The summed E-state index contributed by atoms with van der Waals surface area (Å²) >= 11 is 18.9. The first-order valence-corrected chi connectivity index (χ1v) is 7.60. The van der Waals surface area contributed by atoms with Crippen LogP contribution in [0.25, 0.3) is 0 Å². The van der Waals surface area contributed by atoms with Gasteiger partial charge < -0.3 is 5.11 Å². The van der Waals surface area contributed by atoms with Gasteiger partial charge in [-0.05, 0) is 17.8 Å². The van der Waals surface area contributed by atoms with Crippen molar-refractivity contribution in [2.45, 2.75) is 56.2 Å². The minimum atomic E-state index is -1.04. The molecule has 1 aliphatic carbocycles. The maximum atomic E-state index is 11.1. The van der Waals surface area contributed by atoms with Crippen molar-refractivity contribution in [3.8, 4) is 0 Å². The Hall–Kier alpha value is 0.340. The molecule has 1 saturated carbocycles. The highest BCUT2D eigenvalue weighted by molar-refractivity contribution is 6.52. The number of carboxylic acids is 1. The fourth-order valence-corrected chi connectivity index (χ4v) is 3.82. The molecule has 2 nitrogen and oxygen atoms in total. The topological polar surface area (TPSA) is 37.3 Å². The van der Waals surface area contributed by atoms with Crippen molar-refractivity contribution in [3.05, 3.63) is 0 Å². The summed E-state index contributed by atoms with van der Waals surface area (Å²) < 4.78 is -1.04. The summed E-state index contributed by atoms with van der Waals surface area (Å²) in [5.74, 6) is -1.41. The number of carboxylic acid groups (broad SMARTS) is 1. The molecule has 5 heteroatoms. The van der Waals surface area contributed by atoms with Crippen molar-refractivity contribution < 1.29 is 9.90 Å². The predicted octanol–water partition coefficient (Wildman–Crippen LogP) is 4.70. The number of rotatable bonds is 7. The first-order valence-electron chi connectivity index (χ1n) is 6.41. The molecule has 106 valence electrons. The van der Waals surface area contributed by atoms with Crippen LogP contribution in [0.4, 0.5) is 0 Å². The van der Waals surface area contributed by atoms with E-state index in [1.165, 1.54) is 0 Å². The molecule has 1 unspecified atom stereocenters. The van der Waals surface area contributed by atoms with E-state index in [1.807, 2.05) is 13.8 Å². The Morgan fingerprint density at radius 1 is 1.39 bits per heavy atom. The number of unbranched alkanes of at least 4 members (excludes halogenated alkanes) is 2. The van der Waals surface area contributed by atoms with Gasteiger partial charge in [0.2, 0.25) is 0 Å². The van der Waals surface area contributed by atoms with E-state index < -0.39 is 21.6 Å². The van der Waals surface area contributed by atoms with Gasteiger partial charge in [-0.15, -0.1) is 34.8 Å². The van der Waals surface area contributed by atoms with Crippen molar-refractivity contribution in [2.24, 2.45) is 17.3 Å². The molecule has 0 spiro atoms. The molecular formula is C13H21Cl3O2. The second kappa shape index (κ2) is 5.76. The van der Waals surface area contributed by atoms with Gasteiger partial charge in [0.15, 0.2) is 0 Å². The molecule has 0 heterocycles. The van der Waals surface area contributed by atoms with E-state index >= 15 is 0 Å². The molecule has 1 N–H and O–H groups in total. The van der Waals surface area contributed by atoms with Gasteiger partial charge >= 0.3 is 5.97 Å². The third kappa shape index (κ3) is 3.26. The highest BCUT2D eigenvalue weighted by Crippen LogP contribution is 2.64. The molecule has 0 aliphatic heterocycles. The summed E-state index contributed by atoms with van der Waals surface area (Å²) in [5.41, 5.74) is -0.321. The first-order chi connectivity index (χ1) is 8.16. The largest absolute Gasteiger partial charge is 0.481 e. The minimum Gasteiger partial charge on any atom is -0.481 e. The molecule has 1 rings (SSSR count). The van der Waals surface area contributed by atoms with Gasteiger partial charge in [0.05, 0.1) is 11.3 Å². The average molecular weight is 316 g/mol. The van der Waals surface area contributed by atoms with E-state index in [9.17, 15) is 4.79 Å². The van der Waals surface area contributed by atoms with Crippen LogP contribution in [0.15, 0.2) is 0 Å². The van der Waals surface area contributed by atoms with Gasteiger partial charge in [-0.2, -0.15) is 0 Å². The molecular weight excluding hydrogens is 295 g/mol. The molecule has 3 atom stereocenters. The van der Waals surface area contributed by atoms with Crippen LogP contribution in [0.3, 0.4) is 0 Å². The van der Waals surface area contributed by atoms with Crippen molar-refractivity contribution in [1.82, 2.24) is 0 Å². The van der Waals surface area contributed by atoms with E-state index in [0.29, 0.717) is 6.42 Å². The lowest BCUT2D eigenvalue weighted by molar-refractivity contribution is -0.139. The predicted molar refractivity (Wildman–Crippen MR) is 76.6 cm³/mol. The summed E-state index contributed by atoms with van der Waals surface area (Å²) in [4.78, 5) is 11.1. The summed E-state index contributed by atoms with van der Waals surface area (Å²) in [6.07, 6.45) is 3.67. The van der Waals surface area contributed by atoms with Gasteiger partial charge in [-0.3, -0.25) is 4.79 Å². The summed E-state index contributed by atoms with van der Waals surface area (Å²) in [7, 11) is 0. The molecule has 0 aromatic heterocycles. The highest BCUT2D eigenvalue weighted by atomic mass is 35.5. The zero-order chi connectivity index (χ0) is 14.1. The number of hydrogen-bond acceptors (Lipinski definition) is 1. The molecule has 0 radical (unpaired) electrons. The molecule has 1 fully saturated rings. The Morgan fingerprint density at radius 2 is 1.94 bits per heavy atom. The Labute approximate surface area is 124 Å². The molecule has 0 saturated heterocycles. The van der Waals surface area contributed by atoms with E-state index in [1.54, 1.807) is 0 Å². The lowest BCUT2D eigenvalue weighted by atomic mass is 10.0. The Balaban J connectivity index is 2.64. The first kappa shape index (κ1) is 16.4. The lowest BCUT2D eigenvalue weighted by Crippen LogP contribution is -2.30. The van der Waals surface area contributed by atoms with Crippen LogP contribution in [0.1, 0.15) is 46.5 Å². The van der Waals surface area contributed by atoms with Crippen LogP contribution < -0.4 is 0 Å². The third-order valence-electron chi connectivity index (χ3n) is 4.01.